The molecule has 1 atom stereocenters. The van der Waals surface area contributed by atoms with Gasteiger partial charge in [-0.3, -0.25) is 0 Å². The van der Waals surface area contributed by atoms with Gasteiger partial charge in [0.15, 0.2) is 0 Å². The first-order valence-corrected chi connectivity index (χ1v) is 7.72. The molecule has 2 aromatic carbocycles. The molecule has 2 aromatic rings. The van der Waals surface area contributed by atoms with Crippen molar-refractivity contribution in [2.45, 2.75) is 32.7 Å². The molecule has 0 aromatic heterocycles. The molecule has 112 valence electrons. The molecule has 1 unspecified atom stereocenters. The molecule has 0 fully saturated rings. The van der Waals surface area contributed by atoms with E-state index in [0.717, 1.165) is 24.9 Å². The first-order chi connectivity index (χ1) is 10.1. The van der Waals surface area contributed by atoms with Crippen LogP contribution in [-0.2, 0) is 6.42 Å². The van der Waals surface area contributed by atoms with E-state index in [0.29, 0.717) is 5.02 Å². The van der Waals surface area contributed by atoms with E-state index in [9.17, 15) is 4.39 Å². The highest BCUT2D eigenvalue weighted by Gasteiger charge is 2.15. The summed E-state index contributed by atoms with van der Waals surface area (Å²) in [6.07, 6.45) is 1.82. The molecule has 0 aliphatic heterocycles. The number of nitrogens with one attached hydrogen (secondary N) is 1. The molecule has 0 aliphatic rings. The van der Waals surface area contributed by atoms with Crippen LogP contribution in [0.5, 0.6) is 0 Å². The molecule has 0 saturated heterocycles. The Morgan fingerprint density at radius 1 is 1.19 bits per heavy atom. The van der Waals surface area contributed by atoms with Crippen molar-refractivity contribution in [3.63, 3.8) is 0 Å². The summed E-state index contributed by atoms with van der Waals surface area (Å²) in [4.78, 5) is 0. The highest BCUT2D eigenvalue weighted by Crippen LogP contribution is 2.27. The van der Waals surface area contributed by atoms with Gasteiger partial charge in [-0.1, -0.05) is 48.4 Å². The van der Waals surface area contributed by atoms with Gasteiger partial charge in [-0.15, -0.1) is 0 Å². The molecule has 0 spiro atoms. The van der Waals surface area contributed by atoms with Gasteiger partial charge in [0.25, 0.3) is 0 Å². The Labute approximate surface area is 131 Å². The zero-order chi connectivity index (χ0) is 15.2. The maximum atomic E-state index is 13.5. The third-order valence-electron chi connectivity index (χ3n) is 3.50. The van der Waals surface area contributed by atoms with Crippen LogP contribution in [0.25, 0.3) is 0 Å². The Hall–Kier alpha value is -1.38. The van der Waals surface area contributed by atoms with Crippen LogP contribution in [-0.4, -0.2) is 6.54 Å². The standard InChI is InChI=1S/C18H21ClFN/c1-3-9-21-18(11-14-6-4-5-13(2)10-14)16-12-15(20)7-8-17(16)19/h4-8,10,12,18,21H,3,9,11H2,1-2H3. The molecule has 0 radical (unpaired) electrons. The van der Waals surface area contributed by atoms with Gasteiger partial charge in [0, 0.05) is 11.1 Å². The molecular weight excluding hydrogens is 285 g/mol. The van der Waals surface area contributed by atoms with Crippen molar-refractivity contribution in [1.29, 1.82) is 0 Å². The lowest BCUT2D eigenvalue weighted by Crippen LogP contribution is -2.24. The predicted octanol–water partition coefficient (Wildman–Crippen LogP) is 5.07. The third kappa shape index (κ3) is 4.55. The highest BCUT2D eigenvalue weighted by atomic mass is 35.5. The summed E-state index contributed by atoms with van der Waals surface area (Å²) in [6.45, 7) is 5.07. The number of hydrogen-bond acceptors (Lipinski definition) is 1. The van der Waals surface area contributed by atoms with E-state index in [1.54, 1.807) is 6.07 Å². The van der Waals surface area contributed by atoms with Crippen molar-refractivity contribution in [2.24, 2.45) is 0 Å². The van der Waals surface area contributed by atoms with E-state index in [1.165, 1.54) is 23.3 Å². The average molecular weight is 306 g/mol. The zero-order valence-electron chi connectivity index (χ0n) is 12.5. The normalized spacial score (nSPS) is 12.4. The Kier molecular flexibility index (Phi) is 5.77. The molecule has 21 heavy (non-hydrogen) atoms. The SMILES string of the molecule is CCCNC(Cc1cccc(C)c1)c1cc(F)ccc1Cl. The van der Waals surface area contributed by atoms with Gasteiger partial charge in [-0.05, 0) is 55.6 Å². The number of aryl methyl sites for hydroxylation is 1. The smallest absolute Gasteiger partial charge is 0.123 e. The summed E-state index contributed by atoms with van der Waals surface area (Å²) in [7, 11) is 0. The average Bonchev–Trinajstić information content (AvgIpc) is 2.46. The maximum Gasteiger partial charge on any atom is 0.123 e. The lowest BCUT2D eigenvalue weighted by Gasteiger charge is -2.20. The second-order valence-corrected chi connectivity index (χ2v) is 5.77. The molecule has 1 nitrogen and oxygen atoms in total. The first kappa shape index (κ1) is 16.0. The summed E-state index contributed by atoms with van der Waals surface area (Å²) in [6, 6.07) is 13.0. The molecule has 0 aliphatic carbocycles. The molecule has 0 heterocycles. The van der Waals surface area contributed by atoms with Crippen LogP contribution >= 0.6 is 11.6 Å². The lowest BCUT2D eigenvalue weighted by molar-refractivity contribution is 0.524. The number of benzene rings is 2. The van der Waals surface area contributed by atoms with Crippen LogP contribution in [0.15, 0.2) is 42.5 Å². The van der Waals surface area contributed by atoms with Crippen LogP contribution in [0.3, 0.4) is 0 Å². The van der Waals surface area contributed by atoms with Crippen molar-refractivity contribution < 1.29 is 4.39 Å². The minimum absolute atomic E-state index is 0.0231. The Morgan fingerprint density at radius 3 is 2.71 bits per heavy atom. The molecule has 0 amide bonds. The Bertz CT molecular complexity index is 598. The second kappa shape index (κ2) is 7.58. The van der Waals surface area contributed by atoms with Crippen molar-refractivity contribution in [3.05, 3.63) is 70.0 Å². The lowest BCUT2D eigenvalue weighted by atomic mass is 9.97. The number of hydrogen-bond donors (Lipinski definition) is 1. The monoisotopic (exact) mass is 305 g/mol. The summed E-state index contributed by atoms with van der Waals surface area (Å²) in [5.41, 5.74) is 3.28. The van der Waals surface area contributed by atoms with Crippen molar-refractivity contribution in [1.82, 2.24) is 5.32 Å². The molecule has 0 bridgehead atoms. The Morgan fingerprint density at radius 2 is 2.00 bits per heavy atom. The van der Waals surface area contributed by atoms with Crippen LogP contribution in [0.1, 0.15) is 36.1 Å². The molecule has 0 saturated carbocycles. The van der Waals surface area contributed by atoms with E-state index in [2.05, 4.69) is 43.4 Å². The minimum atomic E-state index is -0.248. The third-order valence-corrected chi connectivity index (χ3v) is 3.84. The number of halogens is 2. The van der Waals surface area contributed by atoms with Crippen LogP contribution in [0.4, 0.5) is 4.39 Å². The van der Waals surface area contributed by atoms with Gasteiger partial charge in [-0.25, -0.2) is 4.39 Å². The topological polar surface area (TPSA) is 12.0 Å². The van der Waals surface area contributed by atoms with E-state index < -0.39 is 0 Å². The van der Waals surface area contributed by atoms with E-state index in [1.807, 2.05) is 0 Å². The fraction of sp³-hybridized carbons (Fsp3) is 0.333. The quantitative estimate of drug-likeness (QED) is 0.785. The number of rotatable bonds is 6. The minimum Gasteiger partial charge on any atom is -0.310 e. The van der Waals surface area contributed by atoms with E-state index in [-0.39, 0.29) is 11.9 Å². The van der Waals surface area contributed by atoms with E-state index >= 15 is 0 Å². The highest BCUT2D eigenvalue weighted by molar-refractivity contribution is 6.31. The maximum absolute atomic E-state index is 13.5. The van der Waals surface area contributed by atoms with Crippen LogP contribution in [0.2, 0.25) is 5.02 Å². The largest absolute Gasteiger partial charge is 0.310 e. The summed E-state index contributed by atoms with van der Waals surface area (Å²) >= 11 is 6.26. The van der Waals surface area contributed by atoms with Gasteiger partial charge in [0.05, 0.1) is 0 Å². The molecule has 1 N–H and O–H groups in total. The van der Waals surface area contributed by atoms with Crippen molar-refractivity contribution in [3.8, 4) is 0 Å². The molecular formula is C18H21ClFN. The van der Waals surface area contributed by atoms with Crippen molar-refractivity contribution >= 4 is 11.6 Å². The van der Waals surface area contributed by atoms with Crippen LogP contribution < -0.4 is 5.32 Å². The zero-order valence-corrected chi connectivity index (χ0v) is 13.3. The van der Waals surface area contributed by atoms with Gasteiger partial charge >= 0.3 is 0 Å². The Balaban J connectivity index is 2.27. The predicted molar refractivity (Wildman–Crippen MR) is 87.3 cm³/mol. The van der Waals surface area contributed by atoms with Gasteiger partial charge in [0.1, 0.15) is 5.82 Å². The van der Waals surface area contributed by atoms with Gasteiger partial charge in [-0.2, -0.15) is 0 Å². The van der Waals surface area contributed by atoms with Gasteiger partial charge in [0.2, 0.25) is 0 Å². The fourth-order valence-corrected chi connectivity index (χ4v) is 2.72. The van der Waals surface area contributed by atoms with Crippen molar-refractivity contribution in [2.75, 3.05) is 6.54 Å². The molecule has 3 heteroatoms. The second-order valence-electron chi connectivity index (χ2n) is 5.37. The fourth-order valence-electron chi connectivity index (χ4n) is 2.47. The van der Waals surface area contributed by atoms with Gasteiger partial charge < -0.3 is 5.32 Å². The first-order valence-electron chi connectivity index (χ1n) is 7.34. The van der Waals surface area contributed by atoms with E-state index in [4.69, 9.17) is 11.6 Å². The van der Waals surface area contributed by atoms with Crippen LogP contribution in [0, 0.1) is 12.7 Å². The summed E-state index contributed by atoms with van der Waals surface area (Å²) in [5.74, 6) is -0.248. The summed E-state index contributed by atoms with van der Waals surface area (Å²) in [5, 5.41) is 4.08. The molecule has 2 rings (SSSR count). The summed E-state index contributed by atoms with van der Waals surface area (Å²) < 4.78 is 13.5.